The molecule has 0 aliphatic carbocycles. The number of hydrogen-bond donors (Lipinski definition) is 2. The average Bonchev–Trinajstić information content (AvgIpc) is 3.45. The van der Waals surface area contributed by atoms with Gasteiger partial charge in [0.05, 0.1) is 23.8 Å². The van der Waals surface area contributed by atoms with Crippen LogP contribution in [0.4, 0.5) is 40.9 Å². The SMILES string of the molecule is Cc1cc(F)c(-c2cc(C(F)(F)F)c3c(N)ncnn23)cc1C(=O)NC1CN(C(=O)c2c(F)cc(F)cc2F)CC1F. The molecular weight excluding hydrogens is 580 g/mol. The molecule has 1 aliphatic rings. The standard InChI is InChI=1S/C26H18F8N6O2/c1-10-2-15(28)13(20-6-14(26(32,33)34)22-23(35)36-9-37-40(20)22)5-12(10)24(41)38-19-8-39(7-18(19)31)25(42)21-16(29)3-11(27)4-17(21)30/h2-6,9,18-19H,7-8H2,1H3,(H,38,41)(H2,35,36,37). The molecule has 42 heavy (non-hydrogen) atoms. The number of nitrogens with zero attached hydrogens (tertiary/aromatic N) is 4. The third-order valence-electron chi connectivity index (χ3n) is 6.80. The zero-order valence-electron chi connectivity index (χ0n) is 21.2. The molecule has 0 radical (unpaired) electrons. The van der Waals surface area contributed by atoms with Gasteiger partial charge in [-0.3, -0.25) is 9.59 Å². The van der Waals surface area contributed by atoms with Crippen molar-refractivity contribution in [3.05, 3.63) is 82.2 Å². The number of rotatable bonds is 4. The molecule has 2 aromatic heterocycles. The van der Waals surface area contributed by atoms with Crippen molar-refractivity contribution in [2.75, 3.05) is 18.8 Å². The number of nitrogen functional groups attached to an aromatic ring is 1. The van der Waals surface area contributed by atoms with Gasteiger partial charge >= 0.3 is 6.18 Å². The van der Waals surface area contributed by atoms with Crippen LogP contribution in [0, 0.1) is 30.2 Å². The van der Waals surface area contributed by atoms with Crippen molar-refractivity contribution in [1.29, 1.82) is 0 Å². The van der Waals surface area contributed by atoms with Crippen LogP contribution in [0.2, 0.25) is 0 Å². The Balaban J connectivity index is 1.44. The zero-order chi connectivity index (χ0) is 30.7. The summed E-state index contributed by atoms with van der Waals surface area (Å²) in [4.78, 5) is 30.1. The number of aryl methyl sites for hydroxylation is 1. The minimum absolute atomic E-state index is 0.0385. The molecule has 1 fully saturated rings. The number of amides is 2. The van der Waals surface area contributed by atoms with E-state index in [-0.39, 0.29) is 11.1 Å². The summed E-state index contributed by atoms with van der Waals surface area (Å²) in [6.07, 6.45) is -5.94. The number of carbonyl (C=O) groups is 2. The number of carbonyl (C=O) groups excluding carboxylic acids is 2. The van der Waals surface area contributed by atoms with Gasteiger partial charge in [-0.1, -0.05) is 0 Å². The summed E-state index contributed by atoms with van der Waals surface area (Å²) in [6.45, 7) is 0.144. The van der Waals surface area contributed by atoms with Crippen molar-refractivity contribution in [3.8, 4) is 11.3 Å². The van der Waals surface area contributed by atoms with Crippen molar-refractivity contribution in [1.82, 2.24) is 24.8 Å². The molecule has 3 N–H and O–H groups in total. The van der Waals surface area contributed by atoms with Gasteiger partial charge in [-0.25, -0.2) is 31.5 Å². The summed E-state index contributed by atoms with van der Waals surface area (Å²) in [5.74, 6) is -8.01. The van der Waals surface area contributed by atoms with Crippen LogP contribution in [0.15, 0.2) is 36.7 Å². The highest BCUT2D eigenvalue weighted by Gasteiger charge is 2.39. The van der Waals surface area contributed by atoms with Gasteiger partial charge in [-0.15, -0.1) is 0 Å². The lowest BCUT2D eigenvalue weighted by Gasteiger charge is -2.18. The lowest BCUT2D eigenvalue weighted by molar-refractivity contribution is -0.136. The van der Waals surface area contributed by atoms with Crippen LogP contribution in [0.5, 0.6) is 0 Å². The highest BCUT2D eigenvalue weighted by molar-refractivity contribution is 5.98. The number of nitrogens with one attached hydrogen (secondary N) is 1. The van der Waals surface area contributed by atoms with Gasteiger partial charge in [0.25, 0.3) is 11.8 Å². The number of likely N-dealkylation sites (tertiary alicyclic amines) is 1. The predicted octanol–water partition coefficient (Wildman–Crippen LogP) is 4.45. The molecule has 4 aromatic rings. The van der Waals surface area contributed by atoms with E-state index >= 15 is 4.39 Å². The van der Waals surface area contributed by atoms with Crippen molar-refractivity contribution >= 4 is 23.1 Å². The largest absolute Gasteiger partial charge is 0.418 e. The number of nitrogens with two attached hydrogens (primary N) is 1. The van der Waals surface area contributed by atoms with E-state index in [2.05, 4.69) is 15.4 Å². The van der Waals surface area contributed by atoms with Gasteiger partial charge in [0.15, 0.2) is 5.82 Å². The topological polar surface area (TPSA) is 106 Å². The molecule has 0 spiro atoms. The van der Waals surface area contributed by atoms with E-state index in [1.807, 2.05) is 0 Å². The molecule has 2 unspecified atom stereocenters. The molecule has 0 saturated carbocycles. The van der Waals surface area contributed by atoms with Gasteiger partial charge in [-0.2, -0.15) is 18.3 Å². The Morgan fingerprint density at radius 3 is 2.31 bits per heavy atom. The molecule has 1 aliphatic heterocycles. The predicted molar refractivity (Wildman–Crippen MR) is 131 cm³/mol. The summed E-state index contributed by atoms with van der Waals surface area (Å²) < 4.78 is 113. The maximum atomic E-state index is 15.1. The summed E-state index contributed by atoms with van der Waals surface area (Å²) in [5.41, 5.74) is 1.59. The number of alkyl halides is 4. The van der Waals surface area contributed by atoms with Crippen LogP contribution in [-0.2, 0) is 6.18 Å². The second kappa shape index (κ2) is 10.3. The quantitative estimate of drug-likeness (QED) is 0.338. The zero-order valence-corrected chi connectivity index (χ0v) is 21.2. The number of halogens is 8. The minimum atomic E-state index is -4.91. The maximum Gasteiger partial charge on any atom is 0.418 e. The number of fused-ring (bicyclic) bond motifs is 1. The van der Waals surface area contributed by atoms with E-state index < -0.39 is 100 Å². The van der Waals surface area contributed by atoms with Crippen molar-refractivity contribution in [2.45, 2.75) is 25.3 Å². The van der Waals surface area contributed by atoms with Crippen molar-refractivity contribution < 1.29 is 44.7 Å². The number of anilines is 1. The van der Waals surface area contributed by atoms with E-state index in [0.29, 0.717) is 18.2 Å². The monoisotopic (exact) mass is 598 g/mol. The van der Waals surface area contributed by atoms with Crippen molar-refractivity contribution in [2.24, 2.45) is 0 Å². The fraction of sp³-hybridized carbons (Fsp3) is 0.231. The Morgan fingerprint density at radius 2 is 1.67 bits per heavy atom. The second-order valence-electron chi connectivity index (χ2n) is 9.54. The Morgan fingerprint density at radius 1 is 1.00 bits per heavy atom. The Labute approximate surface area is 230 Å². The second-order valence-corrected chi connectivity index (χ2v) is 9.54. The molecule has 8 nitrogen and oxygen atoms in total. The molecule has 2 amide bonds. The van der Waals surface area contributed by atoms with Crippen LogP contribution < -0.4 is 11.1 Å². The number of aromatic nitrogens is 3. The molecule has 0 bridgehead atoms. The first-order valence-corrected chi connectivity index (χ1v) is 12.1. The van der Waals surface area contributed by atoms with Crippen LogP contribution in [0.25, 0.3) is 16.8 Å². The van der Waals surface area contributed by atoms with Gasteiger partial charge in [0.1, 0.15) is 46.8 Å². The van der Waals surface area contributed by atoms with Gasteiger partial charge in [0, 0.05) is 29.8 Å². The molecule has 1 saturated heterocycles. The van der Waals surface area contributed by atoms with Crippen LogP contribution in [-0.4, -0.2) is 56.6 Å². The number of benzene rings is 2. The first kappa shape index (κ1) is 28.8. The Hall–Kier alpha value is -4.76. The van der Waals surface area contributed by atoms with E-state index in [1.54, 1.807) is 0 Å². The summed E-state index contributed by atoms with van der Waals surface area (Å²) in [7, 11) is 0. The third-order valence-corrected chi connectivity index (χ3v) is 6.80. The maximum absolute atomic E-state index is 15.1. The van der Waals surface area contributed by atoms with E-state index in [9.17, 15) is 40.3 Å². The van der Waals surface area contributed by atoms with E-state index in [1.165, 1.54) is 6.92 Å². The first-order chi connectivity index (χ1) is 19.7. The van der Waals surface area contributed by atoms with Gasteiger partial charge < -0.3 is 16.0 Å². The van der Waals surface area contributed by atoms with Gasteiger partial charge in [-0.05, 0) is 30.7 Å². The first-order valence-electron chi connectivity index (χ1n) is 12.1. The highest BCUT2D eigenvalue weighted by Crippen LogP contribution is 2.39. The summed E-state index contributed by atoms with van der Waals surface area (Å²) in [5, 5.41) is 6.07. The third kappa shape index (κ3) is 4.96. The lowest BCUT2D eigenvalue weighted by atomic mass is 10.0. The Bertz CT molecular complexity index is 1730. The van der Waals surface area contributed by atoms with E-state index in [4.69, 9.17) is 5.73 Å². The molecule has 220 valence electrons. The fourth-order valence-electron chi connectivity index (χ4n) is 4.81. The van der Waals surface area contributed by atoms with Crippen molar-refractivity contribution in [3.63, 3.8) is 0 Å². The van der Waals surface area contributed by atoms with Crippen LogP contribution >= 0.6 is 0 Å². The Kier molecular flexibility index (Phi) is 7.02. The lowest BCUT2D eigenvalue weighted by Crippen LogP contribution is -2.42. The normalized spacial score (nSPS) is 17.2. The average molecular weight is 598 g/mol. The van der Waals surface area contributed by atoms with Gasteiger partial charge in [0.2, 0.25) is 0 Å². The molecule has 5 rings (SSSR count). The smallest absolute Gasteiger partial charge is 0.382 e. The molecule has 2 aromatic carbocycles. The molecule has 3 heterocycles. The summed E-state index contributed by atoms with van der Waals surface area (Å²) >= 11 is 0. The molecule has 2 atom stereocenters. The fourth-order valence-corrected chi connectivity index (χ4v) is 4.81. The van der Waals surface area contributed by atoms with E-state index in [0.717, 1.165) is 27.9 Å². The molecule has 16 heteroatoms. The van der Waals surface area contributed by atoms with Crippen LogP contribution in [0.3, 0.4) is 0 Å². The molecular formula is C26H18F8N6O2. The van der Waals surface area contributed by atoms with Crippen LogP contribution in [0.1, 0.15) is 31.8 Å². The number of hydrogen-bond acceptors (Lipinski definition) is 5. The minimum Gasteiger partial charge on any atom is -0.382 e. The highest BCUT2D eigenvalue weighted by atomic mass is 19.4. The summed E-state index contributed by atoms with van der Waals surface area (Å²) in [6, 6.07) is 1.65.